The van der Waals surface area contributed by atoms with Gasteiger partial charge >= 0.3 is 0 Å². The Morgan fingerprint density at radius 3 is 2.75 bits per heavy atom. The van der Waals surface area contributed by atoms with Gasteiger partial charge in [-0.1, -0.05) is 11.6 Å². The van der Waals surface area contributed by atoms with Crippen molar-refractivity contribution >= 4 is 17.5 Å². The van der Waals surface area contributed by atoms with Crippen LogP contribution in [0.25, 0.3) is 0 Å². The molecule has 0 unspecified atom stereocenters. The Morgan fingerprint density at radius 1 is 1.29 bits per heavy atom. The number of likely N-dealkylation sites (tertiary alicyclic amines) is 1. The number of rotatable bonds is 5. The Labute approximate surface area is 148 Å². The van der Waals surface area contributed by atoms with E-state index >= 15 is 0 Å². The van der Waals surface area contributed by atoms with Crippen molar-refractivity contribution in [3.63, 3.8) is 0 Å². The van der Waals surface area contributed by atoms with Gasteiger partial charge in [0.2, 0.25) is 0 Å². The average Bonchev–Trinajstić information content (AvgIpc) is 3.04. The van der Waals surface area contributed by atoms with Crippen LogP contribution < -0.4 is 10.1 Å². The maximum atomic E-state index is 12.9. The van der Waals surface area contributed by atoms with Crippen LogP contribution >= 0.6 is 11.6 Å². The molecule has 0 aliphatic carbocycles. The number of halogens is 1. The maximum absolute atomic E-state index is 12.9. The van der Waals surface area contributed by atoms with E-state index in [1.807, 2.05) is 4.90 Å². The summed E-state index contributed by atoms with van der Waals surface area (Å²) < 4.78 is 10.7. The van der Waals surface area contributed by atoms with Crippen LogP contribution in [0.5, 0.6) is 5.75 Å². The number of carbonyl (C=O) groups is 1. The second-order valence-electron chi connectivity index (χ2n) is 6.70. The zero-order valence-corrected chi connectivity index (χ0v) is 14.9. The van der Waals surface area contributed by atoms with E-state index in [9.17, 15) is 4.79 Å². The highest BCUT2D eigenvalue weighted by Gasteiger charge is 2.38. The SMILES string of the molecule is COCCOc1ccc(Cl)cc1C(=O)N1CCC2(CCNC2)CC1. The third-order valence-electron chi connectivity index (χ3n) is 5.16. The number of hydrogen-bond acceptors (Lipinski definition) is 4. The van der Waals surface area contributed by atoms with Gasteiger partial charge in [0.1, 0.15) is 12.4 Å². The van der Waals surface area contributed by atoms with Gasteiger partial charge in [-0.15, -0.1) is 0 Å². The van der Waals surface area contributed by atoms with Crippen molar-refractivity contribution in [2.24, 2.45) is 5.41 Å². The lowest BCUT2D eigenvalue weighted by molar-refractivity contribution is 0.0601. The van der Waals surface area contributed by atoms with E-state index in [4.69, 9.17) is 21.1 Å². The normalized spacial score (nSPS) is 19.7. The van der Waals surface area contributed by atoms with Crippen molar-refractivity contribution in [2.75, 3.05) is 46.5 Å². The molecule has 1 amide bonds. The molecule has 24 heavy (non-hydrogen) atoms. The predicted octanol–water partition coefficient (Wildman–Crippen LogP) is 2.58. The van der Waals surface area contributed by atoms with Crippen molar-refractivity contribution < 1.29 is 14.3 Å². The molecular formula is C18H25ClN2O3. The highest BCUT2D eigenvalue weighted by atomic mass is 35.5. The first kappa shape index (κ1) is 17.5. The predicted molar refractivity (Wildman–Crippen MR) is 93.9 cm³/mol. The van der Waals surface area contributed by atoms with E-state index in [1.165, 1.54) is 6.42 Å². The number of benzene rings is 1. The fraction of sp³-hybridized carbons (Fsp3) is 0.611. The summed E-state index contributed by atoms with van der Waals surface area (Å²) >= 11 is 6.10. The number of nitrogens with zero attached hydrogens (tertiary/aromatic N) is 1. The molecule has 2 fully saturated rings. The molecule has 1 aromatic rings. The van der Waals surface area contributed by atoms with Gasteiger partial charge in [-0.3, -0.25) is 4.79 Å². The van der Waals surface area contributed by atoms with Crippen LogP contribution in [-0.2, 0) is 4.74 Å². The standard InChI is InChI=1S/C18H25ClN2O3/c1-23-10-11-24-16-3-2-14(19)12-15(16)17(22)21-8-5-18(6-9-21)4-7-20-13-18/h2-3,12,20H,4-11,13H2,1H3. The number of ether oxygens (including phenoxy) is 2. The van der Waals surface area contributed by atoms with Gasteiger partial charge in [0.15, 0.2) is 0 Å². The minimum Gasteiger partial charge on any atom is -0.490 e. The Morgan fingerprint density at radius 2 is 2.08 bits per heavy atom. The fourth-order valence-electron chi connectivity index (χ4n) is 3.61. The van der Waals surface area contributed by atoms with Gasteiger partial charge < -0.3 is 19.7 Å². The molecule has 132 valence electrons. The molecule has 6 heteroatoms. The maximum Gasteiger partial charge on any atom is 0.257 e. The summed E-state index contributed by atoms with van der Waals surface area (Å²) in [5.41, 5.74) is 0.933. The number of carbonyl (C=O) groups excluding carboxylic acids is 1. The van der Waals surface area contributed by atoms with Crippen LogP contribution in [0.15, 0.2) is 18.2 Å². The van der Waals surface area contributed by atoms with E-state index < -0.39 is 0 Å². The smallest absolute Gasteiger partial charge is 0.257 e. The zero-order chi connectivity index (χ0) is 17.0. The van der Waals surface area contributed by atoms with Gasteiger partial charge in [-0.2, -0.15) is 0 Å². The fourth-order valence-corrected chi connectivity index (χ4v) is 3.78. The summed E-state index contributed by atoms with van der Waals surface area (Å²) in [6.07, 6.45) is 3.34. The third kappa shape index (κ3) is 3.85. The van der Waals surface area contributed by atoms with Gasteiger partial charge in [-0.25, -0.2) is 0 Å². The summed E-state index contributed by atoms with van der Waals surface area (Å²) in [4.78, 5) is 14.9. The first-order chi connectivity index (χ1) is 11.6. The third-order valence-corrected chi connectivity index (χ3v) is 5.40. The lowest BCUT2D eigenvalue weighted by Gasteiger charge is -2.39. The van der Waals surface area contributed by atoms with Gasteiger partial charge in [-0.05, 0) is 49.4 Å². The molecule has 0 aromatic heterocycles. The monoisotopic (exact) mass is 352 g/mol. The molecule has 1 N–H and O–H groups in total. The zero-order valence-electron chi connectivity index (χ0n) is 14.1. The molecule has 2 saturated heterocycles. The Bertz CT molecular complexity index is 578. The van der Waals surface area contributed by atoms with Crippen molar-refractivity contribution in [3.05, 3.63) is 28.8 Å². The second-order valence-corrected chi connectivity index (χ2v) is 7.14. The summed E-state index contributed by atoms with van der Waals surface area (Å²) in [6.45, 7) is 4.66. The van der Waals surface area contributed by atoms with E-state index in [2.05, 4.69) is 5.32 Å². The van der Waals surface area contributed by atoms with E-state index in [-0.39, 0.29) is 5.91 Å². The van der Waals surface area contributed by atoms with Crippen molar-refractivity contribution in [1.82, 2.24) is 10.2 Å². The number of piperidine rings is 1. The minimum atomic E-state index is 0.00530. The Kier molecular flexibility index (Phi) is 5.64. The Balaban J connectivity index is 1.69. The molecule has 1 aromatic carbocycles. The summed E-state index contributed by atoms with van der Waals surface area (Å²) in [7, 11) is 1.62. The molecule has 3 rings (SSSR count). The first-order valence-corrected chi connectivity index (χ1v) is 8.93. The molecular weight excluding hydrogens is 328 g/mol. The van der Waals surface area contributed by atoms with Crippen LogP contribution in [0.2, 0.25) is 5.02 Å². The molecule has 2 heterocycles. The van der Waals surface area contributed by atoms with E-state index in [1.54, 1.807) is 25.3 Å². The van der Waals surface area contributed by atoms with Crippen LogP contribution in [0.1, 0.15) is 29.6 Å². The van der Waals surface area contributed by atoms with Crippen molar-refractivity contribution in [2.45, 2.75) is 19.3 Å². The van der Waals surface area contributed by atoms with Gasteiger partial charge in [0, 0.05) is 31.8 Å². The topological polar surface area (TPSA) is 50.8 Å². The van der Waals surface area contributed by atoms with Crippen LogP contribution in [0.4, 0.5) is 0 Å². The minimum absolute atomic E-state index is 0.00530. The number of methoxy groups -OCH3 is 1. The molecule has 0 radical (unpaired) electrons. The molecule has 0 saturated carbocycles. The van der Waals surface area contributed by atoms with Gasteiger partial charge in [0.05, 0.1) is 12.2 Å². The Hall–Kier alpha value is -1.30. The first-order valence-electron chi connectivity index (χ1n) is 8.55. The molecule has 2 aliphatic rings. The lowest BCUT2D eigenvalue weighted by atomic mass is 9.78. The van der Waals surface area contributed by atoms with Crippen LogP contribution in [-0.4, -0.2) is 57.3 Å². The number of amides is 1. The summed E-state index contributed by atoms with van der Waals surface area (Å²) in [6, 6.07) is 5.21. The largest absolute Gasteiger partial charge is 0.490 e. The molecule has 1 spiro atoms. The summed E-state index contributed by atoms with van der Waals surface area (Å²) in [5.74, 6) is 0.579. The number of hydrogen-bond donors (Lipinski definition) is 1. The average molecular weight is 353 g/mol. The highest BCUT2D eigenvalue weighted by Crippen LogP contribution is 2.37. The second kappa shape index (κ2) is 7.72. The van der Waals surface area contributed by atoms with Crippen molar-refractivity contribution in [1.29, 1.82) is 0 Å². The van der Waals surface area contributed by atoms with E-state index in [0.717, 1.165) is 39.0 Å². The van der Waals surface area contributed by atoms with Crippen LogP contribution in [0.3, 0.4) is 0 Å². The molecule has 0 atom stereocenters. The lowest BCUT2D eigenvalue weighted by Crippen LogP contribution is -2.44. The van der Waals surface area contributed by atoms with Crippen LogP contribution in [0, 0.1) is 5.41 Å². The summed E-state index contributed by atoms with van der Waals surface area (Å²) in [5, 5.41) is 4.00. The molecule has 2 aliphatic heterocycles. The molecule has 5 nitrogen and oxygen atoms in total. The molecule has 0 bridgehead atoms. The van der Waals surface area contributed by atoms with E-state index in [0.29, 0.717) is 35.0 Å². The number of nitrogens with one attached hydrogen (secondary N) is 1. The quantitative estimate of drug-likeness (QED) is 0.827. The van der Waals surface area contributed by atoms with Gasteiger partial charge in [0.25, 0.3) is 5.91 Å². The highest BCUT2D eigenvalue weighted by molar-refractivity contribution is 6.31. The van der Waals surface area contributed by atoms with Crippen molar-refractivity contribution in [3.8, 4) is 5.75 Å².